The molecule has 1 aromatic heterocycles. The van der Waals surface area contributed by atoms with Gasteiger partial charge in [0.2, 0.25) is 0 Å². The van der Waals surface area contributed by atoms with Crippen LogP contribution >= 0.6 is 0 Å². The van der Waals surface area contributed by atoms with Gasteiger partial charge in [-0.05, 0) is 38.5 Å². The van der Waals surface area contributed by atoms with E-state index in [0.29, 0.717) is 28.1 Å². The Balaban J connectivity index is 2.01. The molecule has 7 nitrogen and oxygen atoms in total. The molecule has 158 valence electrons. The standard InChI is InChI=1S/C24H22N2O5/c1-4-31-24(30)19-14(2)25-21(20(19)16-9-6-5-7-10-16)22(28)23(29)26-18-12-8-11-17(13-18)15(3)27/h5-13,25H,4H2,1-3H3,(H,26,29). The lowest BCUT2D eigenvalue weighted by molar-refractivity contribution is -0.112. The molecule has 2 aromatic carbocycles. The second-order valence-electron chi connectivity index (χ2n) is 6.88. The number of nitrogens with one attached hydrogen (secondary N) is 2. The number of aromatic nitrogens is 1. The van der Waals surface area contributed by atoms with E-state index in [1.54, 1.807) is 56.3 Å². The summed E-state index contributed by atoms with van der Waals surface area (Å²) in [5.74, 6) is -2.48. The summed E-state index contributed by atoms with van der Waals surface area (Å²) in [6.07, 6.45) is 0. The second kappa shape index (κ2) is 9.21. The smallest absolute Gasteiger partial charge is 0.340 e. The van der Waals surface area contributed by atoms with E-state index in [1.807, 2.05) is 6.07 Å². The van der Waals surface area contributed by atoms with E-state index >= 15 is 0 Å². The van der Waals surface area contributed by atoms with Gasteiger partial charge in [-0.1, -0.05) is 42.5 Å². The number of hydrogen-bond acceptors (Lipinski definition) is 5. The fourth-order valence-electron chi connectivity index (χ4n) is 3.26. The van der Waals surface area contributed by atoms with E-state index < -0.39 is 17.7 Å². The Hall–Kier alpha value is -4.00. The fourth-order valence-corrected chi connectivity index (χ4v) is 3.26. The van der Waals surface area contributed by atoms with Gasteiger partial charge in [-0.15, -0.1) is 0 Å². The number of carbonyl (C=O) groups excluding carboxylic acids is 4. The monoisotopic (exact) mass is 418 g/mol. The minimum Gasteiger partial charge on any atom is -0.462 e. The fraction of sp³-hybridized carbons (Fsp3) is 0.167. The predicted octanol–water partition coefficient (Wildman–Crippen LogP) is 4.19. The van der Waals surface area contributed by atoms with Crippen molar-refractivity contribution in [2.75, 3.05) is 11.9 Å². The molecule has 1 amide bonds. The van der Waals surface area contributed by atoms with Crippen molar-refractivity contribution < 1.29 is 23.9 Å². The van der Waals surface area contributed by atoms with Crippen LogP contribution in [-0.2, 0) is 9.53 Å². The van der Waals surface area contributed by atoms with Gasteiger partial charge >= 0.3 is 5.97 Å². The van der Waals surface area contributed by atoms with Crippen LogP contribution in [-0.4, -0.2) is 35.0 Å². The number of hydrogen-bond donors (Lipinski definition) is 2. The van der Waals surface area contributed by atoms with Gasteiger partial charge in [0.15, 0.2) is 5.78 Å². The maximum atomic E-state index is 13.0. The summed E-state index contributed by atoms with van der Waals surface area (Å²) in [6.45, 7) is 4.92. The van der Waals surface area contributed by atoms with Gasteiger partial charge in [0.05, 0.1) is 12.2 Å². The highest BCUT2D eigenvalue weighted by atomic mass is 16.5. The molecular formula is C24H22N2O5. The zero-order valence-electron chi connectivity index (χ0n) is 17.4. The molecule has 0 aliphatic heterocycles. The van der Waals surface area contributed by atoms with Crippen molar-refractivity contribution in [2.45, 2.75) is 20.8 Å². The van der Waals surface area contributed by atoms with Gasteiger partial charge in [-0.2, -0.15) is 0 Å². The highest BCUT2D eigenvalue weighted by Gasteiger charge is 2.29. The first-order valence-electron chi connectivity index (χ1n) is 9.75. The molecule has 3 aromatic rings. The van der Waals surface area contributed by atoms with Crippen molar-refractivity contribution in [3.63, 3.8) is 0 Å². The maximum absolute atomic E-state index is 13.0. The molecule has 0 spiro atoms. The Morgan fingerprint density at radius 3 is 2.35 bits per heavy atom. The highest BCUT2D eigenvalue weighted by molar-refractivity contribution is 6.47. The number of H-pyrrole nitrogens is 1. The van der Waals surface area contributed by atoms with Crippen molar-refractivity contribution in [3.05, 3.63) is 77.1 Å². The van der Waals surface area contributed by atoms with Crippen LogP contribution in [0.15, 0.2) is 54.6 Å². The van der Waals surface area contributed by atoms with Crippen LogP contribution in [0.3, 0.4) is 0 Å². The Morgan fingerprint density at radius 1 is 1.00 bits per heavy atom. The topological polar surface area (TPSA) is 105 Å². The number of carbonyl (C=O) groups is 4. The lowest BCUT2D eigenvalue weighted by Gasteiger charge is -2.09. The molecule has 0 bridgehead atoms. The number of ether oxygens (including phenoxy) is 1. The van der Waals surface area contributed by atoms with E-state index in [-0.39, 0.29) is 23.6 Å². The molecule has 0 atom stereocenters. The van der Waals surface area contributed by atoms with Crippen LogP contribution in [0.2, 0.25) is 0 Å². The lowest BCUT2D eigenvalue weighted by Crippen LogP contribution is -2.24. The molecule has 0 aliphatic rings. The summed E-state index contributed by atoms with van der Waals surface area (Å²) in [5.41, 5.74) is 2.28. The molecule has 0 saturated heterocycles. The summed E-state index contributed by atoms with van der Waals surface area (Å²) in [7, 11) is 0. The van der Waals surface area contributed by atoms with Crippen molar-refractivity contribution in [2.24, 2.45) is 0 Å². The van der Waals surface area contributed by atoms with E-state index in [0.717, 1.165) is 0 Å². The molecule has 2 N–H and O–H groups in total. The van der Waals surface area contributed by atoms with Crippen LogP contribution in [0.5, 0.6) is 0 Å². The van der Waals surface area contributed by atoms with Crippen LogP contribution in [0.25, 0.3) is 11.1 Å². The Labute approximate surface area is 179 Å². The minimum atomic E-state index is -0.894. The van der Waals surface area contributed by atoms with Gasteiger partial charge in [0.1, 0.15) is 5.69 Å². The first-order chi connectivity index (χ1) is 14.8. The number of aryl methyl sites for hydroxylation is 1. The molecule has 7 heteroatoms. The maximum Gasteiger partial charge on any atom is 0.340 e. The summed E-state index contributed by atoms with van der Waals surface area (Å²) < 4.78 is 5.15. The molecule has 31 heavy (non-hydrogen) atoms. The Bertz CT molecular complexity index is 1160. The second-order valence-corrected chi connectivity index (χ2v) is 6.88. The summed E-state index contributed by atoms with van der Waals surface area (Å²) in [4.78, 5) is 52.8. The summed E-state index contributed by atoms with van der Waals surface area (Å²) in [6, 6.07) is 15.2. The molecule has 0 fully saturated rings. The van der Waals surface area contributed by atoms with Crippen molar-refractivity contribution in [3.8, 4) is 11.1 Å². The van der Waals surface area contributed by atoms with Crippen LogP contribution in [0, 0.1) is 6.92 Å². The van der Waals surface area contributed by atoms with Gasteiger partial charge < -0.3 is 15.0 Å². The van der Waals surface area contributed by atoms with Gasteiger partial charge in [0, 0.05) is 22.5 Å². The molecule has 0 radical (unpaired) electrons. The number of amides is 1. The number of ketones is 2. The van der Waals surface area contributed by atoms with Gasteiger partial charge in [0.25, 0.3) is 11.7 Å². The molecule has 3 rings (SSSR count). The first-order valence-corrected chi connectivity index (χ1v) is 9.75. The van der Waals surface area contributed by atoms with Crippen molar-refractivity contribution in [1.29, 1.82) is 0 Å². The Morgan fingerprint density at radius 2 is 1.71 bits per heavy atom. The third-order valence-electron chi connectivity index (χ3n) is 4.69. The number of esters is 1. The minimum absolute atomic E-state index is 0.00743. The third kappa shape index (κ3) is 4.61. The van der Waals surface area contributed by atoms with Crippen LogP contribution < -0.4 is 5.32 Å². The number of benzene rings is 2. The summed E-state index contributed by atoms with van der Waals surface area (Å²) in [5, 5.41) is 2.52. The zero-order chi connectivity index (χ0) is 22.5. The number of Topliss-reactive ketones (excluding diaryl/α,β-unsaturated/α-hetero) is 2. The third-order valence-corrected chi connectivity index (χ3v) is 4.69. The van der Waals surface area contributed by atoms with Crippen molar-refractivity contribution >= 4 is 29.1 Å². The number of rotatable bonds is 7. The van der Waals surface area contributed by atoms with Crippen LogP contribution in [0.1, 0.15) is 50.7 Å². The molecular weight excluding hydrogens is 396 g/mol. The normalized spacial score (nSPS) is 10.4. The first kappa shape index (κ1) is 21.7. The van der Waals surface area contributed by atoms with Crippen LogP contribution in [0.4, 0.5) is 5.69 Å². The zero-order valence-corrected chi connectivity index (χ0v) is 17.4. The average Bonchev–Trinajstić information content (AvgIpc) is 3.11. The average molecular weight is 418 g/mol. The highest BCUT2D eigenvalue weighted by Crippen LogP contribution is 2.31. The Kier molecular flexibility index (Phi) is 6.45. The molecule has 0 saturated carbocycles. The summed E-state index contributed by atoms with van der Waals surface area (Å²) >= 11 is 0. The van der Waals surface area contributed by atoms with Gasteiger partial charge in [-0.3, -0.25) is 14.4 Å². The number of anilines is 1. The van der Waals surface area contributed by atoms with E-state index in [4.69, 9.17) is 4.74 Å². The van der Waals surface area contributed by atoms with E-state index in [9.17, 15) is 19.2 Å². The van der Waals surface area contributed by atoms with Crippen molar-refractivity contribution in [1.82, 2.24) is 4.98 Å². The van der Waals surface area contributed by atoms with E-state index in [1.165, 1.54) is 13.0 Å². The quantitative estimate of drug-likeness (QED) is 0.340. The predicted molar refractivity (Wildman–Crippen MR) is 116 cm³/mol. The molecule has 1 heterocycles. The number of aromatic amines is 1. The van der Waals surface area contributed by atoms with Gasteiger partial charge in [-0.25, -0.2) is 4.79 Å². The largest absolute Gasteiger partial charge is 0.462 e. The lowest BCUT2D eigenvalue weighted by atomic mass is 9.98. The van der Waals surface area contributed by atoms with E-state index in [2.05, 4.69) is 10.3 Å². The molecule has 0 aliphatic carbocycles. The SMILES string of the molecule is CCOC(=O)c1c(C)[nH]c(C(=O)C(=O)Nc2cccc(C(C)=O)c2)c1-c1ccccc1. The molecule has 0 unspecified atom stereocenters.